The van der Waals surface area contributed by atoms with Crippen molar-refractivity contribution >= 4 is 12.2 Å². The van der Waals surface area contributed by atoms with E-state index in [4.69, 9.17) is 12.2 Å². The predicted octanol–water partition coefficient (Wildman–Crippen LogP) is 3.39. The molecule has 0 saturated heterocycles. The number of benzene rings is 2. The Labute approximate surface area is 159 Å². The first kappa shape index (κ1) is 17.2. The van der Waals surface area contributed by atoms with E-state index in [1.165, 1.54) is 28.1 Å². The van der Waals surface area contributed by atoms with Crippen molar-refractivity contribution in [1.82, 2.24) is 35.0 Å². The van der Waals surface area contributed by atoms with Gasteiger partial charge >= 0.3 is 0 Å². The Morgan fingerprint density at radius 1 is 1.07 bits per heavy atom. The fourth-order valence-electron chi connectivity index (χ4n) is 2.72. The molecule has 0 aliphatic rings. The van der Waals surface area contributed by atoms with E-state index >= 15 is 0 Å². The molecule has 0 atom stereocenters. The number of aromatic nitrogens is 7. The van der Waals surface area contributed by atoms with Crippen LogP contribution in [0.4, 0.5) is 4.39 Å². The van der Waals surface area contributed by atoms with Crippen LogP contribution in [0.3, 0.4) is 0 Å². The molecule has 0 radical (unpaired) electrons. The Balaban J connectivity index is 1.65. The number of hydrogen-bond donors (Lipinski definition) is 1. The number of nitrogens with zero attached hydrogens (tertiary/aromatic N) is 6. The number of tetrazole rings is 1. The van der Waals surface area contributed by atoms with Crippen molar-refractivity contribution < 1.29 is 4.39 Å². The van der Waals surface area contributed by atoms with Crippen LogP contribution in [0.1, 0.15) is 17.0 Å². The second-order valence-electron chi connectivity index (χ2n) is 6.20. The maximum absolute atomic E-state index is 13.1. The fraction of sp³-hybridized carbons (Fsp3) is 0.167. The summed E-state index contributed by atoms with van der Waals surface area (Å²) in [6, 6.07) is 12.0. The molecule has 136 valence electrons. The van der Waals surface area contributed by atoms with Gasteiger partial charge in [-0.25, -0.2) is 4.39 Å². The average Bonchev–Trinajstić information content (AvgIpc) is 3.26. The van der Waals surface area contributed by atoms with Crippen LogP contribution in [0.5, 0.6) is 0 Å². The van der Waals surface area contributed by atoms with Crippen molar-refractivity contribution in [1.29, 1.82) is 0 Å². The van der Waals surface area contributed by atoms with E-state index in [1.54, 1.807) is 12.1 Å². The lowest BCUT2D eigenvalue weighted by molar-refractivity contribution is 0.548. The van der Waals surface area contributed by atoms with E-state index in [0.29, 0.717) is 22.0 Å². The second-order valence-corrected chi connectivity index (χ2v) is 6.59. The molecule has 2 aromatic carbocycles. The van der Waals surface area contributed by atoms with Gasteiger partial charge in [0.25, 0.3) is 0 Å². The van der Waals surface area contributed by atoms with Crippen molar-refractivity contribution in [2.45, 2.75) is 20.4 Å². The summed E-state index contributed by atoms with van der Waals surface area (Å²) >= 11 is 5.38. The number of hydrogen-bond acceptors (Lipinski definition) is 5. The number of aromatic amines is 1. The molecule has 0 bridgehead atoms. The summed E-state index contributed by atoms with van der Waals surface area (Å²) in [5, 5.41) is 19.6. The normalized spacial score (nSPS) is 11.1. The molecule has 0 unspecified atom stereocenters. The van der Waals surface area contributed by atoms with Gasteiger partial charge < -0.3 is 0 Å². The average molecular weight is 381 g/mol. The first-order valence-corrected chi connectivity index (χ1v) is 8.70. The van der Waals surface area contributed by atoms with Gasteiger partial charge in [0.15, 0.2) is 10.6 Å². The number of H-pyrrole nitrogens is 1. The van der Waals surface area contributed by atoms with Gasteiger partial charge in [-0.2, -0.15) is 9.90 Å². The lowest BCUT2D eigenvalue weighted by Crippen LogP contribution is -2.10. The summed E-state index contributed by atoms with van der Waals surface area (Å²) in [6.45, 7) is 4.40. The molecule has 0 aliphatic carbocycles. The summed E-state index contributed by atoms with van der Waals surface area (Å²) in [6.07, 6.45) is 0. The summed E-state index contributed by atoms with van der Waals surface area (Å²) < 4.78 is 15.4. The molecule has 0 saturated carbocycles. The summed E-state index contributed by atoms with van der Waals surface area (Å²) in [5.74, 6) is 0.767. The minimum Gasteiger partial charge on any atom is -0.270 e. The molecule has 7 nitrogen and oxygen atoms in total. The smallest absolute Gasteiger partial charge is 0.204 e. The lowest BCUT2D eigenvalue weighted by Gasteiger charge is -2.08. The molecule has 1 N–H and O–H groups in total. The lowest BCUT2D eigenvalue weighted by atomic mass is 10.1. The third kappa shape index (κ3) is 3.41. The number of rotatable bonds is 4. The highest BCUT2D eigenvalue weighted by molar-refractivity contribution is 7.71. The first-order valence-electron chi connectivity index (χ1n) is 8.29. The third-order valence-electron chi connectivity index (χ3n) is 4.33. The Morgan fingerprint density at radius 3 is 2.59 bits per heavy atom. The minimum absolute atomic E-state index is 0.286. The maximum Gasteiger partial charge on any atom is 0.204 e. The molecule has 0 spiro atoms. The van der Waals surface area contributed by atoms with E-state index in [-0.39, 0.29) is 12.4 Å². The zero-order valence-electron chi connectivity index (χ0n) is 14.7. The quantitative estimate of drug-likeness (QED) is 0.548. The van der Waals surface area contributed by atoms with Crippen LogP contribution in [-0.2, 0) is 6.54 Å². The summed E-state index contributed by atoms with van der Waals surface area (Å²) in [4.78, 5) is 1.43. The molecular weight excluding hydrogens is 365 g/mol. The van der Waals surface area contributed by atoms with Crippen LogP contribution in [0.15, 0.2) is 42.5 Å². The highest BCUT2D eigenvalue weighted by atomic mass is 32.1. The predicted molar refractivity (Wildman–Crippen MR) is 101 cm³/mol. The van der Waals surface area contributed by atoms with E-state index in [2.05, 4.69) is 45.5 Å². The Kier molecular flexibility index (Phi) is 4.36. The van der Waals surface area contributed by atoms with Crippen LogP contribution in [0.2, 0.25) is 0 Å². The monoisotopic (exact) mass is 381 g/mol. The molecule has 0 fully saturated rings. The van der Waals surface area contributed by atoms with Crippen molar-refractivity contribution in [2.75, 3.05) is 0 Å². The molecule has 27 heavy (non-hydrogen) atoms. The first-order chi connectivity index (χ1) is 13.0. The van der Waals surface area contributed by atoms with Crippen LogP contribution in [0.25, 0.3) is 17.1 Å². The Bertz CT molecular complexity index is 1160. The zero-order valence-corrected chi connectivity index (χ0v) is 15.5. The maximum atomic E-state index is 13.1. The highest BCUT2D eigenvalue weighted by Gasteiger charge is 2.13. The van der Waals surface area contributed by atoms with Gasteiger partial charge in [-0.1, -0.05) is 6.07 Å². The van der Waals surface area contributed by atoms with Crippen LogP contribution in [0, 0.1) is 24.4 Å². The number of nitrogens with one attached hydrogen (secondary N) is 1. The van der Waals surface area contributed by atoms with Crippen molar-refractivity contribution in [3.8, 4) is 17.1 Å². The Morgan fingerprint density at radius 2 is 1.85 bits per heavy atom. The van der Waals surface area contributed by atoms with Crippen molar-refractivity contribution in [3.05, 3.63) is 70.0 Å². The molecule has 9 heteroatoms. The van der Waals surface area contributed by atoms with Gasteiger partial charge in [-0.15, -0.1) is 10.2 Å². The number of aryl methyl sites for hydroxylation is 2. The zero-order chi connectivity index (χ0) is 19.0. The molecule has 2 aromatic heterocycles. The Hall–Kier alpha value is -3.20. The molecular formula is C18H16FN7S. The van der Waals surface area contributed by atoms with E-state index in [9.17, 15) is 4.39 Å². The molecule has 2 heterocycles. The van der Waals surface area contributed by atoms with E-state index < -0.39 is 0 Å². The van der Waals surface area contributed by atoms with Gasteiger partial charge in [0.1, 0.15) is 12.4 Å². The van der Waals surface area contributed by atoms with Gasteiger partial charge in [0.2, 0.25) is 5.82 Å². The van der Waals surface area contributed by atoms with E-state index in [0.717, 1.165) is 5.69 Å². The SMILES string of the molecule is Cc1ccc(-n2c(Cn3nnc(-c4ccc(F)cc4)n3)n[nH]c2=S)cc1C. The third-order valence-corrected chi connectivity index (χ3v) is 4.60. The highest BCUT2D eigenvalue weighted by Crippen LogP contribution is 2.17. The molecule has 4 rings (SSSR count). The van der Waals surface area contributed by atoms with Crippen LogP contribution in [-0.4, -0.2) is 35.0 Å². The molecule has 0 aliphatic heterocycles. The fourth-order valence-corrected chi connectivity index (χ4v) is 2.97. The van der Waals surface area contributed by atoms with Gasteiger partial charge in [-0.05, 0) is 78.8 Å². The van der Waals surface area contributed by atoms with Crippen molar-refractivity contribution in [2.24, 2.45) is 0 Å². The van der Waals surface area contributed by atoms with Crippen molar-refractivity contribution in [3.63, 3.8) is 0 Å². The largest absolute Gasteiger partial charge is 0.270 e. The van der Waals surface area contributed by atoms with Gasteiger partial charge in [0, 0.05) is 11.3 Å². The summed E-state index contributed by atoms with van der Waals surface area (Å²) in [5.41, 5.74) is 3.98. The van der Waals surface area contributed by atoms with Crippen LogP contribution >= 0.6 is 12.2 Å². The minimum atomic E-state index is -0.310. The van der Waals surface area contributed by atoms with Gasteiger partial charge in [-0.3, -0.25) is 9.67 Å². The van der Waals surface area contributed by atoms with Crippen LogP contribution < -0.4 is 0 Å². The summed E-state index contributed by atoms with van der Waals surface area (Å²) in [7, 11) is 0. The molecule has 4 aromatic rings. The van der Waals surface area contributed by atoms with Gasteiger partial charge in [0.05, 0.1) is 0 Å². The molecule has 0 amide bonds. The topological polar surface area (TPSA) is 77.2 Å². The standard InChI is InChI=1S/C18H16FN7S/c1-11-3-8-15(9-12(11)2)26-16(20-22-18(26)27)10-25-23-17(21-24-25)13-4-6-14(19)7-5-13/h3-9H,10H2,1-2H3,(H,22,27). The van der Waals surface area contributed by atoms with E-state index in [1.807, 2.05) is 16.7 Å². The number of halogens is 1. The second kappa shape index (κ2) is 6.84.